The maximum absolute atomic E-state index is 12.5. The average molecular weight is 549 g/mol. The summed E-state index contributed by atoms with van der Waals surface area (Å²) in [6.45, 7) is 1.37. The number of anilines is 2. The van der Waals surface area contributed by atoms with Crippen LogP contribution in [0.5, 0.6) is 0 Å². The lowest BCUT2D eigenvalue weighted by atomic mass is 10.1. The summed E-state index contributed by atoms with van der Waals surface area (Å²) in [7, 11) is -2.96. The van der Waals surface area contributed by atoms with Crippen molar-refractivity contribution in [3.63, 3.8) is 0 Å². The van der Waals surface area contributed by atoms with Gasteiger partial charge in [0.2, 0.25) is 0 Å². The number of carbonyl (C=O) groups excluding carboxylic acids is 1. The van der Waals surface area contributed by atoms with Gasteiger partial charge in [-0.05, 0) is 54.1 Å². The van der Waals surface area contributed by atoms with Crippen LogP contribution < -0.4 is 9.34 Å². The Balaban J connectivity index is 1.86. The third-order valence-corrected chi connectivity index (χ3v) is 10.1. The van der Waals surface area contributed by atoms with Crippen LogP contribution in [0.15, 0.2) is 87.8 Å². The lowest BCUT2D eigenvalue weighted by Crippen LogP contribution is -2.29. The fourth-order valence-corrected chi connectivity index (χ4v) is 8.14. The summed E-state index contributed by atoms with van der Waals surface area (Å²) < 4.78 is 6.21. The van der Waals surface area contributed by atoms with Crippen LogP contribution in [0.25, 0.3) is 0 Å². The molecule has 0 saturated carbocycles. The average Bonchev–Trinajstić information content (AvgIpc) is 3.11. The largest absolute Gasteiger partial charge is 0.339 e. The lowest BCUT2D eigenvalue weighted by Gasteiger charge is -2.36. The van der Waals surface area contributed by atoms with Gasteiger partial charge in [-0.3, -0.25) is 0 Å². The van der Waals surface area contributed by atoms with Gasteiger partial charge in [0.05, 0.1) is 30.9 Å². The van der Waals surface area contributed by atoms with Crippen molar-refractivity contribution in [2.75, 3.05) is 22.4 Å². The van der Waals surface area contributed by atoms with E-state index in [2.05, 4.69) is 41.2 Å². The molecule has 7 heteroatoms. The maximum atomic E-state index is 12.5. The fourth-order valence-electron chi connectivity index (χ4n) is 4.02. The Labute approximate surface area is 194 Å². The summed E-state index contributed by atoms with van der Waals surface area (Å²) >= 11 is 6.99. The van der Waals surface area contributed by atoms with Gasteiger partial charge in [0.1, 0.15) is 6.29 Å². The minimum atomic E-state index is -2.96. The molecule has 0 amide bonds. The van der Waals surface area contributed by atoms with Crippen molar-refractivity contribution in [3.8, 4) is 0 Å². The topological polar surface area (TPSA) is 43.8 Å². The van der Waals surface area contributed by atoms with Crippen LogP contribution >= 0.6 is 39.7 Å². The lowest BCUT2D eigenvalue weighted by molar-refractivity contribution is -0.107. The van der Waals surface area contributed by atoms with E-state index in [9.17, 15) is 9.69 Å². The maximum Gasteiger partial charge on any atom is 0.339 e. The SMILES string of the molecule is O=CCC(c1ccccc1)[P+]1(O)N(c2ccc(Br)cc2)CCN1c1ccc(Br)cc1. The van der Waals surface area contributed by atoms with Gasteiger partial charge in [0.25, 0.3) is 0 Å². The van der Waals surface area contributed by atoms with Gasteiger partial charge in [0, 0.05) is 8.95 Å². The van der Waals surface area contributed by atoms with Gasteiger partial charge in [-0.15, -0.1) is 0 Å². The Morgan fingerprint density at radius 3 is 1.73 bits per heavy atom. The molecule has 3 aromatic rings. The van der Waals surface area contributed by atoms with Crippen LogP contribution in [0.1, 0.15) is 17.6 Å². The zero-order chi connectivity index (χ0) is 21.1. The number of carbonyl (C=O) groups is 1. The Morgan fingerprint density at radius 1 is 0.833 bits per heavy atom. The molecular weight excluding hydrogens is 527 g/mol. The molecule has 1 heterocycles. The van der Waals surface area contributed by atoms with Gasteiger partial charge in [-0.25, -0.2) is 14.2 Å². The van der Waals surface area contributed by atoms with Crippen LogP contribution in [0.4, 0.5) is 11.4 Å². The molecule has 0 radical (unpaired) electrons. The van der Waals surface area contributed by atoms with Gasteiger partial charge >= 0.3 is 7.79 Å². The number of hydrogen-bond acceptors (Lipinski definition) is 4. The highest BCUT2D eigenvalue weighted by Gasteiger charge is 2.61. The van der Waals surface area contributed by atoms with Crippen molar-refractivity contribution < 1.29 is 9.69 Å². The zero-order valence-electron chi connectivity index (χ0n) is 16.2. The van der Waals surface area contributed by atoms with E-state index in [1.54, 1.807) is 0 Å². The van der Waals surface area contributed by atoms with Crippen LogP contribution in [-0.4, -0.2) is 24.3 Å². The van der Waals surface area contributed by atoms with Crippen LogP contribution in [0, 0.1) is 0 Å². The number of halogens is 2. The van der Waals surface area contributed by atoms with Gasteiger partial charge in [0.15, 0.2) is 5.66 Å². The van der Waals surface area contributed by atoms with Crippen molar-refractivity contribution in [2.24, 2.45) is 0 Å². The summed E-state index contributed by atoms with van der Waals surface area (Å²) in [4.78, 5) is 24.2. The number of rotatable bonds is 6. The Kier molecular flexibility index (Phi) is 6.59. The predicted molar refractivity (Wildman–Crippen MR) is 132 cm³/mol. The molecule has 4 nitrogen and oxygen atoms in total. The molecule has 1 atom stereocenters. The van der Waals surface area contributed by atoms with E-state index in [1.807, 2.05) is 78.9 Å². The molecule has 1 N–H and O–H groups in total. The summed E-state index contributed by atoms with van der Waals surface area (Å²) in [5.74, 6) is 0. The van der Waals surface area contributed by atoms with E-state index >= 15 is 0 Å². The van der Waals surface area contributed by atoms with Crippen LogP contribution in [0.3, 0.4) is 0 Å². The minimum absolute atomic E-state index is 0.258. The monoisotopic (exact) mass is 547 g/mol. The van der Waals surface area contributed by atoms with Crippen molar-refractivity contribution in [3.05, 3.63) is 93.4 Å². The third-order valence-electron chi connectivity index (χ3n) is 5.41. The molecule has 0 aliphatic carbocycles. The van der Waals surface area contributed by atoms with Crippen molar-refractivity contribution in [1.82, 2.24) is 0 Å². The van der Waals surface area contributed by atoms with E-state index < -0.39 is 7.79 Å². The summed E-state index contributed by atoms with van der Waals surface area (Å²) in [5.41, 5.74) is 2.58. The molecule has 1 unspecified atom stereocenters. The van der Waals surface area contributed by atoms with Crippen molar-refractivity contribution in [1.29, 1.82) is 0 Å². The van der Waals surface area contributed by atoms with Crippen LogP contribution in [0.2, 0.25) is 0 Å². The minimum Gasteiger partial charge on any atom is -0.303 e. The van der Waals surface area contributed by atoms with Gasteiger partial charge < -0.3 is 4.79 Å². The number of nitrogens with zero attached hydrogens (tertiary/aromatic N) is 2. The Morgan fingerprint density at radius 2 is 1.30 bits per heavy atom. The fraction of sp³-hybridized carbons (Fsp3) is 0.174. The normalized spacial score (nSPS) is 16.5. The standard InChI is InChI=1S/C23H22Br2N2O2P/c24-19-6-10-21(11-7-19)26-15-16-27(22-12-8-20(25)9-13-22)30(26,29)23(14-17-28)18-4-2-1-3-5-18/h1-13,17,23,29H,14-16H2/q+1. The van der Waals surface area contributed by atoms with Crippen molar-refractivity contribution in [2.45, 2.75) is 12.1 Å². The smallest absolute Gasteiger partial charge is 0.303 e. The predicted octanol–water partition coefficient (Wildman–Crippen LogP) is 6.62. The molecular formula is C23H22Br2N2O2P+. The van der Waals surface area contributed by atoms with E-state index in [0.29, 0.717) is 13.1 Å². The molecule has 1 aliphatic rings. The second-order valence-electron chi connectivity index (χ2n) is 7.14. The summed E-state index contributed by atoms with van der Waals surface area (Å²) in [6, 6.07) is 25.9. The van der Waals surface area contributed by atoms with E-state index in [-0.39, 0.29) is 12.1 Å². The molecule has 1 saturated heterocycles. The van der Waals surface area contributed by atoms with E-state index in [4.69, 9.17) is 0 Å². The number of hydrogen-bond donors (Lipinski definition) is 1. The first kappa shape index (κ1) is 21.5. The van der Waals surface area contributed by atoms with Gasteiger partial charge in [-0.2, -0.15) is 0 Å². The van der Waals surface area contributed by atoms with E-state index in [1.165, 1.54) is 0 Å². The molecule has 0 bridgehead atoms. The molecule has 3 aromatic carbocycles. The highest BCUT2D eigenvalue weighted by molar-refractivity contribution is 9.10. The molecule has 154 valence electrons. The highest BCUT2D eigenvalue weighted by Crippen LogP contribution is 2.75. The Bertz CT molecular complexity index is 946. The summed E-state index contributed by atoms with van der Waals surface area (Å²) in [5, 5.41) is 0. The molecule has 0 aromatic heterocycles. The summed E-state index contributed by atoms with van der Waals surface area (Å²) in [6.07, 6.45) is 1.18. The molecule has 4 rings (SSSR count). The first-order valence-corrected chi connectivity index (χ1v) is 13.0. The first-order chi connectivity index (χ1) is 14.5. The van der Waals surface area contributed by atoms with E-state index in [0.717, 1.165) is 32.2 Å². The number of aldehydes is 1. The van der Waals surface area contributed by atoms with Crippen LogP contribution in [-0.2, 0) is 4.79 Å². The molecule has 1 aliphatic heterocycles. The Hall–Kier alpha value is -1.72. The molecule has 30 heavy (non-hydrogen) atoms. The second-order valence-corrected chi connectivity index (χ2v) is 11.8. The molecule has 1 fully saturated rings. The third kappa shape index (κ3) is 4.06. The molecule has 0 spiro atoms. The van der Waals surface area contributed by atoms with Crippen molar-refractivity contribution >= 4 is 57.3 Å². The van der Waals surface area contributed by atoms with Gasteiger partial charge in [-0.1, -0.05) is 62.2 Å². The first-order valence-electron chi connectivity index (χ1n) is 9.71. The zero-order valence-corrected chi connectivity index (χ0v) is 20.3. The second kappa shape index (κ2) is 9.19. The quantitative estimate of drug-likeness (QED) is 0.277. The highest BCUT2D eigenvalue weighted by atomic mass is 79.9. The number of benzene rings is 3.